The lowest BCUT2D eigenvalue weighted by atomic mass is 9.71. The molecule has 4 atom stereocenters. The summed E-state index contributed by atoms with van der Waals surface area (Å²) >= 11 is 0. The molecule has 0 saturated heterocycles. The lowest BCUT2D eigenvalue weighted by Crippen LogP contribution is -2.46. The molecule has 0 aromatic carbocycles. The molecule has 0 amide bonds. The predicted octanol–water partition coefficient (Wildman–Crippen LogP) is 2.56. The Morgan fingerprint density at radius 1 is 1.33 bits per heavy atom. The first-order chi connectivity index (χ1) is 8.25. The number of ether oxygens (including phenoxy) is 1. The van der Waals surface area contributed by atoms with Crippen LogP contribution in [-0.2, 0) is 4.74 Å². The van der Waals surface area contributed by atoms with Crippen molar-refractivity contribution in [3.05, 3.63) is 0 Å². The van der Waals surface area contributed by atoms with Gasteiger partial charge >= 0.3 is 0 Å². The van der Waals surface area contributed by atoms with E-state index >= 15 is 0 Å². The van der Waals surface area contributed by atoms with Gasteiger partial charge in [-0.1, -0.05) is 34.6 Å². The Balaban J connectivity index is 2.59. The Hall–Kier alpha value is -0.120. The molecule has 0 aromatic rings. The predicted molar refractivity (Wildman–Crippen MR) is 75.4 cm³/mol. The highest BCUT2D eigenvalue weighted by Gasteiger charge is 2.34. The van der Waals surface area contributed by atoms with Gasteiger partial charge in [0.05, 0.1) is 18.8 Å². The molecule has 0 heterocycles. The van der Waals surface area contributed by atoms with Crippen LogP contribution in [0.1, 0.15) is 53.9 Å². The molecule has 3 N–H and O–H groups in total. The van der Waals surface area contributed by atoms with E-state index in [0.717, 1.165) is 12.8 Å². The van der Waals surface area contributed by atoms with Crippen LogP contribution in [0.5, 0.6) is 0 Å². The van der Waals surface area contributed by atoms with Crippen molar-refractivity contribution in [3.8, 4) is 0 Å². The van der Waals surface area contributed by atoms with Crippen LogP contribution in [0.3, 0.4) is 0 Å². The van der Waals surface area contributed by atoms with Crippen LogP contribution in [0.15, 0.2) is 0 Å². The molecular formula is C15H31NO2. The summed E-state index contributed by atoms with van der Waals surface area (Å²) < 4.78 is 6.09. The Bertz CT molecular complexity index is 253. The standard InChI is InChI=1S/C15H31NO2/c1-10(2)14(16)13(9-17)18-12-6-11(3)7-15(4,5)8-12/h10-14,17H,6-9,16H2,1-5H3. The maximum absolute atomic E-state index is 9.47. The Morgan fingerprint density at radius 3 is 2.39 bits per heavy atom. The first kappa shape index (κ1) is 15.9. The quantitative estimate of drug-likeness (QED) is 0.796. The largest absolute Gasteiger partial charge is 0.394 e. The number of hydrogen-bond donors (Lipinski definition) is 2. The highest BCUT2D eigenvalue weighted by molar-refractivity contribution is 4.85. The maximum Gasteiger partial charge on any atom is 0.0962 e. The van der Waals surface area contributed by atoms with Gasteiger partial charge in [0.1, 0.15) is 0 Å². The summed E-state index contributed by atoms with van der Waals surface area (Å²) in [5, 5.41) is 9.47. The number of nitrogens with two attached hydrogens (primary N) is 1. The number of rotatable bonds is 5. The van der Waals surface area contributed by atoms with Gasteiger partial charge in [0.25, 0.3) is 0 Å². The zero-order valence-corrected chi connectivity index (χ0v) is 12.6. The molecule has 0 aliphatic heterocycles. The summed E-state index contributed by atoms with van der Waals surface area (Å²) in [6, 6.07) is -0.0876. The summed E-state index contributed by atoms with van der Waals surface area (Å²) in [6.45, 7) is 11.1. The van der Waals surface area contributed by atoms with Crippen molar-refractivity contribution in [2.75, 3.05) is 6.61 Å². The molecule has 18 heavy (non-hydrogen) atoms. The van der Waals surface area contributed by atoms with Crippen LogP contribution in [0.2, 0.25) is 0 Å². The van der Waals surface area contributed by atoms with Crippen LogP contribution in [0.25, 0.3) is 0 Å². The zero-order chi connectivity index (χ0) is 13.9. The fourth-order valence-corrected chi connectivity index (χ4v) is 3.29. The third kappa shape index (κ3) is 4.52. The molecule has 3 nitrogen and oxygen atoms in total. The highest BCUT2D eigenvalue weighted by Crippen LogP contribution is 2.40. The maximum atomic E-state index is 9.47. The van der Waals surface area contributed by atoms with Gasteiger partial charge in [0.2, 0.25) is 0 Å². The van der Waals surface area contributed by atoms with Crippen molar-refractivity contribution in [2.45, 2.75) is 72.1 Å². The Labute approximate surface area is 112 Å². The van der Waals surface area contributed by atoms with E-state index in [1.54, 1.807) is 0 Å². The van der Waals surface area contributed by atoms with Gasteiger partial charge in [0.15, 0.2) is 0 Å². The van der Waals surface area contributed by atoms with Crippen molar-refractivity contribution < 1.29 is 9.84 Å². The first-order valence-corrected chi connectivity index (χ1v) is 7.27. The van der Waals surface area contributed by atoms with Crippen LogP contribution in [0, 0.1) is 17.3 Å². The third-order valence-corrected chi connectivity index (χ3v) is 4.09. The summed E-state index contributed by atoms with van der Waals surface area (Å²) in [6.07, 6.45) is 3.43. The number of hydrogen-bond acceptors (Lipinski definition) is 3. The second-order valence-electron chi connectivity index (χ2n) is 7.21. The molecule has 3 heteroatoms. The van der Waals surface area contributed by atoms with Crippen LogP contribution < -0.4 is 5.73 Å². The summed E-state index contributed by atoms with van der Waals surface area (Å²) in [5.74, 6) is 1.02. The second-order valence-corrected chi connectivity index (χ2v) is 7.21. The van der Waals surface area contributed by atoms with E-state index < -0.39 is 0 Å². The van der Waals surface area contributed by atoms with Gasteiger partial charge in [-0.15, -0.1) is 0 Å². The van der Waals surface area contributed by atoms with Gasteiger partial charge in [-0.25, -0.2) is 0 Å². The van der Waals surface area contributed by atoms with Gasteiger partial charge in [-0.05, 0) is 36.5 Å². The van der Waals surface area contributed by atoms with E-state index in [0.29, 0.717) is 17.3 Å². The third-order valence-electron chi connectivity index (χ3n) is 4.09. The van der Waals surface area contributed by atoms with Crippen molar-refractivity contribution in [1.82, 2.24) is 0 Å². The van der Waals surface area contributed by atoms with Crippen molar-refractivity contribution >= 4 is 0 Å². The molecule has 4 unspecified atom stereocenters. The molecule has 1 fully saturated rings. The number of aliphatic hydroxyl groups excluding tert-OH is 1. The molecule has 1 aliphatic rings. The molecule has 0 radical (unpaired) electrons. The van der Waals surface area contributed by atoms with E-state index in [1.807, 2.05) is 0 Å². The van der Waals surface area contributed by atoms with E-state index in [4.69, 9.17) is 10.5 Å². The normalized spacial score (nSPS) is 31.3. The minimum atomic E-state index is -0.226. The number of aliphatic hydroxyl groups is 1. The average Bonchev–Trinajstić information content (AvgIpc) is 2.21. The molecule has 0 aromatic heterocycles. The second kappa shape index (κ2) is 6.36. The minimum absolute atomic E-state index is 0.0185. The molecule has 0 bridgehead atoms. The zero-order valence-electron chi connectivity index (χ0n) is 12.6. The Kier molecular flexibility index (Phi) is 5.63. The van der Waals surface area contributed by atoms with E-state index in [1.165, 1.54) is 6.42 Å². The molecular weight excluding hydrogens is 226 g/mol. The molecule has 1 rings (SSSR count). The minimum Gasteiger partial charge on any atom is -0.394 e. The van der Waals surface area contributed by atoms with Gasteiger partial charge < -0.3 is 15.6 Å². The van der Waals surface area contributed by atoms with Crippen LogP contribution >= 0.6 is 0 Å². The smallest absolute Gasteiger partial charge is 0.0962 e. The average molecular weight is 257 g/mol. The SMILES string of the molecule is CC1CC(OC(CO)C(N)C(C)C)CC(C)(C)C1. The lowest BCUT2D eigenvalue weighted by molar-refractivity contribution is -0.0946. The van der Waals surface area contributed by atoms with Gasteiger partial charge in [-0.2, -0.15) is 0 Å². The van der Waals surface area contributed by atoms with E-state index in [2.05, 4.69) is 34.6 Å². The lowest BCUT2D eigenvalue weighted by Gasteiger charge is -2.41. The highest BCUT2D eigenvalue weighted by atomic mass is 16.5. The van der Waals surface area contributed by atoms with Crippen molar-refractivity contribution in [1.29, 1.82) is 0 Å². The van der Waals surface area contributed by atoms with Crippen LogP contribution in [-0.4, -0.2) is 30.0 Å². The van der Waals surface area contributed by atoms with Gasteiger partial charge in [-0.3, -0.25) is 0 Å². The molecule has 108 valence electrons. The summed E-state index contributed by atoms with van der Waals surface area (Å²) in [7, 11) is 0. The molecule has 1 aliphatic carbocycles. The van der Waals surface area contributed by atoms with Gasteiger partial charge in [0, 0.05) is 6.04 Å². The van der Waals surface area contributed by atoms with Crippen molar-refractivity contribution in [3.63, 3.8) is 0 Å². The molecule has 1 saturated carbocycles. The monoisotopic (exact) mass is 257 g/mol. The topological polar surface area (TPSA) is 55.5 Å². The molecule has 0 spiro atoms. The fourth-order valence-electron chi connectivity index (χ4n) is 3.29. The van der Waals surface area contributed by atoms with Crippen molar-refractivity contribution in [2.24, 2.45) is 23.0 Å². The summed E-state index contributed by atoms with van der Waals surface area (Å²) in [5.41, 5.74) is 6.44. The van der Waals surface area contributed by atoms with E-state index in [-0.39, 0.29) is 24.9 Å². The Morgan fingerprint density at radius 2 is 1.94 bits per heavy atom. The first-order valence-electron chi connectivity index (χ1n) is 7.27. The summed E-state index contributed by atoms with van der Waals surface area (Å²) in [4.78, 5) is 0. The van der Waals surface area contributed by atoms with Crippen LogP contribution in [0.4, 0.5) is 0 Å². The fraction of sp³-hybridized carbons (Fsp3) is 1.00. The van der Waals surface area contributed by atoms with E-state index in [9.17, 15) is 5.11 Å².